The highest BCUT2D eigenvalue weighted by Crippen LogP contribution is 2.67. The van der Waals surface area contributed by atoms with E-state index in [4.69, 9.17) is 5.11 Å². The second-order valence-electron chi connectivity index (χ2n) is 7.90. The Kier molecular flexibility index (Phi) is 3.33. The molecule has 4 N–H and O–H groups in total. The van der Waals surface area contributed by atoms with Crippen molar-refractivity contribution >= 4 is 17.0 Å². The first-order valence-corrected chi connectivity index (χ1v) is 9.11. The summed E-state index contributed by atoms with van der Waals surface area (Å²) in [7, 11) is 0. The quantitative estimate of drug-likeness (QED) is 0.535. The van der Waals surface area contributed by atoms with Crippen molar-refractivity contribution in [1.29, 1.82) is 0 Å². The van der Waals surface area contributed by atoms with Crippen LogP contribution in [-0.2, 0) is 10.2 Å². The fourth-order valence-electron chi connectivity index (χ4n) is 4.74. The summed E-state index contributed by atoms with van der Waals surface area (Å²) in [4.78, 5) is 14.1. The third-order valence-electron chi connectivity index (χ3n) is 6.00. The maximum absolute atomic E-state index is 10.7. The van der Waals surface area contributed by atoms with Gasteiger partial charge in [-0.15, -0.1) is 10.2 Å². The summed E-state index contributed by atoms with van der Waals surface area (Å²) in [6, 6.07) is 11.2. The molecule has 3 aliphatic rings. The van der Waals surface area contributed by atoms with E-state index in [9.17, 15) is 9.90 Å². The number of fused-ring (bicyclic) bond motifs is 1. The topological polar surface area (TPSA) is 111 Å². The van der Waals surface area contributed by atoms with Crippen LogP contribution in [0.25, 0.3) is 22.3 Å². The minimum absolute atomic E-state index is 0.111. The number of hydrogen-bond acceptors (Lipinski definition) is 5. The van der Waals surface area contributed by atoms with Crippen molar-refractivity contribution in [3.05, 3.63) is 42.1 Å². The molecule has 6 rings (SSSR count). The molecule has 27 heavy (non-hydrogen) atoms. The molecule has 0 radical (unpaired) electrons. The zero-order chi connectivity index (χ0) is 18.6. The zero-order valence-corrected chi connectivity index (χ0v) is 14.7. The van der Waals surface area contributed by atoms with Crippen LogP contribution in [0, 0.1) is 0 Å². The molecule has 2 bridgehead atoms. The molecule has 3 aromatic rings. The van der Waals surface area contributed by atoms with Gasteiger partial charge in [0.05, 0.1) is 12.1 Å². The Morgan fingerprint density at radius 1 is 1.19 bits per heavy atom. The van der Waals surface area contributed by atoms with Crippen LogP contribution in [-0.4, -0.2) is 43.4 Å². The van der Waals surface area contributed by atoms with Gasteiger partial charge in [0, 0.05) is 34.1 Å². The number of aromatic amines is 1. The Morgan fingerprint density at radius 3 is 2.70 bits per heavy atom. The fourth-order valence-corrected chi connectivity index (χ4v) is 4.74. The van der Waals surface area contributed by atoms with Gasteiger partial charge in [0.1, 0.15) is 5.75 Å². The van der Waals surface area contributed by atoms with Crippen LogP contribution >= 0.6 is 0 Å². The minimum Gasteiger partial charge on any atom is -0.507 e. The van der Waals surface area contributed by atoms with Gasteiger partial charge in [-0.05, 0) is 43.5 Å². The molecule has 0 aliphatic heterocycles. The molecular formula is C20H20N4O3. The highest BCUT2D eigenvalue weighted by atomic mass is 16.4. The first-order valence-electron chi connectivity index (χ1n) is 9.11. The molecule has 3 saturated carbocycles. The number of carbonyl (C=O) groups is 1. The lowest BCUT2D eigenvalue weighted by Gasteiger charge is -2.70. The largest absolute Gasteiger partial charge is 0.507 e. The molecule has 138 valence electrons. The number of para-hydroxylation sites is 1. The average Bonchev–Trinajstić information content (AvgIpc) is 2.98. The molecule has 2 aromatic heterocycles. The first kappa shape index (κ1) is 16.3. The number of carboxylic acids is 1. The highest BCUT2D eigenvalue weighted by molar-refractivity contribution is 5.82. The van der Waals surface area contributed by atoms with Gasteiger partial charge in [0.2, 0.25) is 0 Å². The van der Waals surface area contributed by atoms with Crippen LogP contribution in [0.1, 0.15) is 31.4 Å². The monoisotopic (exact) mass is 364 g/mol. The van der Waals surface area contributed by atoms with Gasteiger partial charge in [0.25, 0.3) is 0 Å². The van der Waals surface area contributed by atoms with Crippen molar-refractivity contribution in [3.63, 3.8) is 0 Å². The Morgan fingerprint density at radius 2 is 1.96 bits per heavy atom. The SMILES string of the molecule is O=C(O)CCNC12CC(c3cc4cc(-c5ccccc5O)nnc4[nH]3)(C1)C2. The van der Waals surface area contributed by atoms with Gasteiger partial charge < -0.3 is 20.5 Å². The van der Waals surface area contributed by atoms with E-state index in [0.717, 1.165) is 30.3 Å². The van der Waals surface area contributed by atoms with Crippen LogP contribution in [0.15, 0.2) is 36.4 Å². The highest BCUT2D eigenvalue weighted by Gasteiger charge is 2.68. The summed E-state index contributed by atoms with van der Waals surface area (Å²) >= 11 is 0. The lowest BCUT2D eigenvalue weighted by atomic mass is 9.38. The van der Waals surface area contributed by atoms with E-state index in [2.05, 4.69) is 26.6 Å². The van der Waals surface area contributed by atoms with Crippen molar-refractivity contribution in [3.8, 4) is 17.0 Å². The van der Waals surface area contributed by atoms with Gasteiger partial charge in [0.15, 0.2) is 5.65 Å². The predicted octanol–water partition coefficient (Wildman–Crippen LogP) is 2.57. The van der Waals surface area contributed by atoms with Crippen LogP contribution in [0.2, 0.25) is 0 Å². The predicted molar refractivity (Wildman–Crippen MR) is 99.5 cm³/mol. The molecule has 0 atom stereocenters. The number of H-pyrrole nitrogens is 1. The Balaban J connectivity index is 1.35. The molecule has 3 fully saturated rings. The van der Waals surface area contributed by atoms with E-state index < -0.39 is 5.97 Å². The Hall–Kier alpha value is -2.93. The molecule has 3 aliphatic carbocycles. The van der Waals surface area contributed by atoms with Gasteiger partial charge in [-0.2, -0.15) is 0 Å². The lowest BCUT2D eigenvalue weighted by Crippen LogP contribution is -2.76. The number of benzene rings is 1. The van der Waals surface area contributed by atoms with Crippen molar-refractivity contribution in [2.75, 3.05) is 6.54 Å². The van der Waals surface area contributed by atoms with E-state index in [-0.39, 0.29) is 23.1 Å². The van der Waals surface area contributed by atoms with Crippen LogP contribution in [0.5, 0.6) is 5.75 Å². The second-order valence-corrected chi connectivity index (χ2v) is 7.90. The molecule has 0 spiro atoms. The van der Waals surface area contributed by atoms with E-state index in [1.54, 1.807) is 12.1 Å². The molecular weight excluding hydrogens is 344 g/mol. The number of phenolic OH excluding ortho intramolecular Hbond substituents is 1. The van der Waals surface area contributed by atoms with Gasteiger partial charge >= 0.3 is 5.97 Å². The lowest BCUT2D eigenvalue weighted by molar-refractivity contribution is -0.137. The van der Waals surface area contributed by atoms with Crippen molar-refractivity contribution in [2.45, 2.75) is 36.6 Å². The molecule has 7 heteroatoms. The number of aromatic hydroxyl groups is 1. The standard InChI is InChI=1S/C20H20N4O3/c25-15-4-2-1-3-13(15)14-7-12-8-16(22-18(12)24-23-14)19-9-20(10-19,11-19)21-6-5-17(26)27/h1-4,7-8,21,25H,5-6,9-11H2,(H,22,24)(H,26,27). The summed E-state index contributed by atoms with van der Waals surface area (Å²) < 4.78 is 0. The normalized spacial score (nSPS) is 25.8. The van der Waals surface area contributed by atoms with E-state index in [1.165, 1.54) is 5.69 Å². The minimum atomic E-state index is -0.766. The number of aromatic nitrogens is 3. The summed E-state index contributed by atoms with van der Waals surface area (Å²) in [5, 5.41) is 31.7. The fraction of sp³-hybridized carbons (Fsp3) is 0.350. The van der Waals surface area contributed by atoms with Gasteiger partial charge in [-0.25, -0.2) is 0 Å². The second kappa shape index (κ2) is 5.53. The van der Waals surface area contributed by atoms with Gasteiger partial charge in [-0.3, -0.25) is 4.79 Å². The molecule has 0 unspecified atom stereocenters. The number of nitrogens with one attached hydrogen (secondary N) is 2. The van der Waals surface area contributed by atoms with Crippen LogP contribution < -0.4 is 5.32 Å². The summed E-state index contributed by atoms with van der Waals surface area (Å²) in [6.45, 7) is 0.521. The number of hydrogen-bond donors (Lipinski definition) is 4. The van der Waals surface area contributed by atoms with Crippen molar-refractivity contribution in [1.82, 2.24) is 20.5 Å². The smallest absolute Gasteiger partial charge is 0.304 e. The summed E-state index contributed by atoms with van der Waals surface area (Å²) in [5.41, 5.74) is 3.49. The Labute approximate surface area is 155 Å². The molecule has 2 heterocycles. The third kappa shape index (κ3) is 2.49. The number of nitrogens with zero attached hydrogens (tertiary/aromatic N) is 2. The van der Waals surface area contributed by atoms with Crippen LogP contribution in [0.4, 0.5) is 0 Å². The van der Waals surface area contributed by atoms with E-state index >= 15 is 0 Å². The summed E-state index contributed by atoms with van der Waals surface area (Å²) in [5.74, 6) is -0.575. The summed E-state index contributed by atoms with van der Waals surface area (Å²) in [6.07, 6.45) is 3.22. The molecule has 1 aromatic carbocycles. The zero-order valence-electron chi connectivity index (χ0n) is 14.7. The van der Waals surface area contributed by atoms with Crippen LogP contribution in [0.3, 0.4) is 0 Å². The number of rotatable bonds is 6. The molecule has 0 saturated heterocycles. The first-order chi connectivity index (χ1) is 13.0. The van der Waals surface area contributed by atoms with Crippen molar-refractivity contribution < 1.29 is 15.0 Å². The maximum Gasteiger partial charge on any atom is 0.304 e. The molecule has 7 nitrogen and oxygen atoms in total. The van der Waals surface area contributed by atoms with Crippen molar-refractivity contribution in [2.24, 2.45) is 0 Å². The third-order valence-corrected chi connectivity index (χ3v) is 6.00. The van der Waals surface area contributed by atoms with E-state index in [0.29, 0.717) is 17.8 Å². The number of phenols is 1. The maximum atomic E-state index is 10.7. The molecule has 0 amide bonds. The average molecular weight is 364 g/mol. The van der Waals surface area contributed by atoms with Gasteiger partial charge in [-0.1, -0.05) is 12.1 Å². The van der Waals surface area contributed by atoms with E-state index in [1.807, 2.05) is 18.2 Å². The number of carboxylic acid groups (broad SMARTS) is 1. The Bertz CT molecular complexity index is 1040. The number of aliphatic carboxylic acids is 1.